The van der Waals surface area contributed by atoms with E-state index < -0.39 is 11.9 Å². The molecule has 0 spiro atoms. The molecule has 1 aliphatic carbocycles. The van der Waals surface area contributed by atoms with E-state index in [0.717, 1.165) is 12.8 Å². The highest BCUT2D eigenvalue weighted by molar-refractivity contribution is 5.82. The van der Waals surface area contributed by atoms with Crippen LogP contribution in [0.15, 0.2) is 0 Å². The van der Waals surface area contributed by atoms with Crippen molar-refractivity contribution in [1.29, 1.82) is 0 Å². The van der Waals surface area contributed by atoms with Crippen LogP contribution in [0.4, 0.5) is 0 Å². The van der Waals surface area contributed by atoms with E-state index in [4.69, 9.17) is 0 Å². The Balaban J connectivity index is 2.21. The predicted molar refractivity (Wildman–Crippen MR) is 81.0 cm³/mol. The SMILES string of the molecule is CC1CC(=O)N(CC2(N(C)C)CCCC2)C(C)C1C(=O)O. The van der Waals surface area contributed by atoms with Crippen molar-refractivity contribution in [2.75, 3.05) is 20.6 Å². The lowest BCUT2D eigenvalue weighted by molar-refractivity contribution is -0.156. The molecule has 1 amide bonds. The molecule has 0 aromatic rings. The van der Waals surface area contributed by atoms with Crippen molar-refractivity contribution in [3.05, 3.63) is 0 Å². The van der Waals surface area contributed by atoms with Gasteiger partial charge in [0.15, 0.2) is 0 Å². The fourth-order valence-electron chi connectivity index (χ4n) is 4.19. The minimum Gasteiger partial charge on any atom is -0.481 e. The van der Waals surface area contributed by atoms with E-state index in [9.17, 15) is 14.7 Å². The van der Waals surface area contributed by atoms with E-state index >= 15 is 0 Å². The standard InChI is InChI=1S/C16H28N2O3/c1-11-9-13(19)18(12(2)14(11)15(20)21)10-16(17(3)4)7-5-6-8-16/h11-12,14H,5-10H2,1-4H3,(H,20,21). The number of likely N-dealkylation sites (tertiary alicyclic amines) is 1. The van der Waals surface area contributed by atoms with E-state index in [1.807, 2.05) is 18.7 Å². The summed E-state index contributed by atoms with van der Waals surface area (Å²) in [5.74, 6) is -1.21. The molecule has 0 bridgehead atoms. The molecular formula is C16H28N2O3. The number of carbonyl (C=O) groups is 2. The zero-order chi connectivity index (χ0) is 15.8. The van der Waals surface area contributed by atoms with Gasteiger partial charge in [-0.1, -0.05) is 19.8 Å². The Bertz CT molecular complexity index is 416. The van der Waals surface area contributed by atoms with Gasteiger partial charge in [0.05, 0.1) is 5.92 Å². The van der Waals surface area contributed by atoms with E-state index in [1.165, 1.54) is 12.8 Å². The molecule has 120 valence electrons. The van der Waals surface area contributed by atoms with Crippen molar-refractivity contribution >= 4 is 11.9 Å². The molecule has 1 aliphatic heterocycles. The number of nitrogens with zero attached hydrogens (tertiary/aromatic N) is 2. The Morgan fingerprint density at radius 2 is 1.90 bits per heavy atom. The van der Waals surface area contributed by atoms with Crippen LogP contribution in [-0.2, 0) is 9.59 Å². The maximum Gasteiger partial charge on any atom is 0.308 e. The lowest BCUT2D eigenvalue weighted by Gasteiger charge is -2.47. The van der Waals surface area contributed by atoms with Gasteiger partial charge in [-0.2, -0.15) is 0 Å². The monoisotopic (exact) mass is 296 g/mol. The third-order valence-electron chi connectivity index (χ3n) is 5.67. The summed E-state index contributed by atoms with van der Waals surface area (Å²) in [6, 6.07) is -0.226. The second-order valence-electron chi connectivity index (χ2n) is 7.13. The zero-order valence-corrected chi connectivity index (χ0v) is 13.6. The number of carboxylic acid groups (broad SMARTS) is 1. The third kappa shape index (κ3) is 2.93. The van der Waals surface area contributed by atoms with Crippen molar-refractivity contribution in [1.82, 2.24) is 9.80 Å². The summed E-state index contributed by atoms with van der Waals surface area (Å²) in [6.45, 7) is 4.43. The van der Waals surface area contributed by atoms with Crippen LogP contribution >= 0.6 is 0 Å². The summed E-state index contributed by atoms with van der Waals surface area (Å²) < 4.78 is 0. The van der Waals surface area contributed by atoms with E-state index in [-0.39, 0.29) is 23.4 Å². The summed E-state index contributed by atoms with van der Waals surface area (Å²) in [4.78, 5) is 28.0. The predicted octanol–water partition coefficient (Wildman–Crippen LogP) is 1.82. The number of piperidine rings is 1. The first-order valence-electron chi connectivity index (χ1n) is 7.98. The maximum atomic E-state index is 12.5. The first-order chi connectivity index (χ1) is 9.78. The van der Waals surface area contributed by atoms with Gasteiger partial charge in [-0.05, 0) is 39.8 Å². The van der Waals surface area contributed by atoms with E-state index in [1.54, 1.807) is 0 Å². The number of hydrogen-bond acceptors (Lipinski definition) is 3. The molecule has 1 saturated heterocycles. The fourth-order valence-corrected chi connectivity index (χ4v) is 4.19. The number of hydrogen-bond donors (Lipinski definition) is 1. The molecule has 3 atom stereocenters. The molecule has 1 saturated carbocycles. The van der Waals surface area contributed by atoms with Crippen LogP contribution in [0.3, 0.4) is 0 Å². The number of carbonyl (C=O) groups excluding carboxylic acids is 1. The Morgan fingerprint density at radius 3 is 2.38 bits per heavy atom. The van der Waals surface area contributed by atoms with Crippen molar-refractivity contribution in [2.45, 2.75) is 57.5 Å². The molecular weight excluding hydrogens is 268 g/mol. The van der Waals surface area contributed by atoms with Gasteiger partial charge in [-0.15, -0.1) is 0 Å². The van der Waals surface area contributed by atoms with Crippen LogP contribution in [0.25, 0.3) is 0 Å². The van der Waals surface area contributed by atoms with Crippen LogP contribution in [0, 0.1) is 11.8 Å². The minimum atomic E-state index is -0.780. The lowest BCUT2D eigenvalue weighted by atomic mass is 9.80. The molecule has 0 aromatic heterocycles. The fraction of sp³-hybridized carbons (Fsp3) is 0.875. The molecule has 3 unspecified atom stereocenters. The van der Waals surface area contributed by atoms with Crippen molar-refractivity contribution < 1.29 is 14.7 Å². The summed E-state index contributed by atoms with van der Waals surface area (Å²) in [5, 5.41) is 9.47. The first-order valence-corrected chi connectivity index (χ1v) is 7.98. The highest BCUT2D eigenvalue weighted by Crippen LogP contribution is 2.38. The second-order valence-corrected chi connectivity index (χ2v) is 7.13. The van der Waals surface area contributed by atoms with Gasteiger partial charge in [-0.3, -0.25) is 9.59 Å². The number of aliphatic carboxylic acids is 1. The van der Waals surface area contributed by atoms with Crippen LogP contribution in [0.2, 0.25) is 0 Å². The summed E-state index contributed by atoms with van der Waals surface area (Å²) in [5.41, 5.74) is 0.0214. The van der Waals surface area contributed by atoms with Crippen LogP contribution in [-0.4, -0.2) is 59.0 Å². The van der Waals surface area contributed by atoms with E-state index in [0.29, 0.717) is 13.0 Å². The lowest BCUT2D eigenvalue weighted by Crippen LogP contribution is -2.59. The number of rotatable bonds is 4. The Morgan fingerprint density at radius 1 is 1.33 bits per heavy atom. The Hall–Kier alpha value is -1.10. The third-order valence-corrected chi connectivity index (χ3v) is 5.67. The van der Waals surface area contributed by atoms with Gasteiger partial charge >= 0.3 is 5.97 Å². The van der Waals surface area contributed by atoms with Gasteiger partial charge in [0, 0.05) is 24.5 Å². The number of likely N-dealkylation sites (N-methyl/N-ethyl adjacent to an activating group) is 1. The molecule has 5 heteroatoms. The molecule has 21 heavy (non-hydrogen) atoms. The molecule has 2 aliphatic rings. The summed E-state index contributed by atoms with van der Waals surface area (Å²) in [7, 11) is 4.14. The average molecular weight is 296 g/mol. The Kier molecular flexibility index (Phi) is 4.61. The number of amides is 1. The molecule has 1 N–H and O–H groups in total. The Labute approximate surface area is 127 Å². The zero-order valence-electron chi connectivity index (χ0n) is 13.6. The topological polar surface area (TPSA) is 60.9 Å². The molecule has 2 rings (SSSR count). The minimum absolute atomic E-state index is 0.0214. The van der Waals surface area contributed by atoms with Crippen molar-refractivity contribution in [2.24, 2.45) is 11.8 Å². The van der Waals surface area contributed by atoms with Gasteiger partial charge in [0.25, 0.3) is 0 Å². The number of carboxylic acids is 1. The summed E-state index contributed by atoms with van der Waals surface area (Å²) in [6.07, 6.45) is 4.90. The molecule has 0 aromatic carbocycles. The largest absolute Gasteiger partial charge is 0.481 e. The van der Waals surface area contributed by atoms with Gasteiger partial charge in [0.1, 0.15) is 0 Å². The average Bonchev–Trinajstić information content (AvgIpc) is 2.83. The highest BCUT2D eigenvalue weighted by atomic mass is 16.4. The van der Waals surface area contributed by atoms with Gasteiger partial charge < -0.3 is 14.9 Å². The smallest absolute Gasteiger partial charge is 0.308 e. The maximum absolute atomic E-state index is 12.5. The van der Waals surface area contributed by atoms with Crippen LogP contribution < -0.4 is 0 Å². The van der Waals surface area contributed by atoms with Crippen molar-refractivity contribution in [3.63, 3.8) is 0 Å². The van der Waals surface area contributed by atoms with Crippen LogP contribution in [0.1, 0.15) is 46.0 Å². The quantitative estimate of drug-likeness (QED) is 0.859. The highest BCUT2D eigenvalue weighted by Gasteiger charge is 2.46. The first kappa shape index (κ1) is 16.3. The molecule has 1 heterocycles. The van der Waals surface area contributed by atoms with Gasteiger partial charge in [0.2, 0.25) is 5.91 Å². The second kappa shape index (κ2) is 5.95. The normalized spacial score (nSPS) is 32.7. The van der Waals surface area contributed by atoms with Crippen molar-refractivity contribution in [3.8, 4) is 0 Å². The van der Waals surface area contributed by atoms with E-state index in [2.05, 4.69) is 19.0 Å². The molecule has 2 fully saturated rings. The van der Waals surface area contributed by atoms with Crippen LogP contribution in [0.5, 0.6) is 0 Å². The molecule has 0 radical (unpaired) electrons. The molecule has 5 nitrogen and oxygen atoms in total. The summed E-state index contributed by atoms with van der Waals surface area (Å²) >= 11 is 0. The van der Waals surface area contributed by atoms with Gasteiger partial charge in [-0.25, -0.2) is 0 Å².